The number of morpholine rings is 1. The van der Waals surface area contributed by atoms with Gasteiger partial charge in [0.25, 0.3) is 0 Å². The van der Waals surface area contributed by atoms with Gasteiger partial charge in [-0.05, 0) is 30.5 Å². The van der Waals surface area contributed by atoms with Crippen LogP contribution in [-0.2, 0) is 26.9 Å². The molecular weight excluding hydrogens is 351 g/mol. The van der Waals surface area contributed by atoms with E-state index in [0.717, 1.165) is 12.1 Å². The minimum Gasteiger partial charge on any atom is -0.481 e. The smallest absolute Gasteiger partial charge is 0.416 e. The Hall–Kier alpha value is -2.09. The highest BCUT2D eigenvalue weighted by molar-refractivity contribution is 5.80. The maximum atomic E-state index is 12.8. The van der Waals surface area contributed by atoms with Crippen molar-refractivity contribution in [3.63, 3.8) is 0 Å². The van der Waals surface area contributed by atoms with Crippen molar-refractivity contribution in [2.45, 2.75) is 38.4 Å². The summed E-state index contributed by atoms with van der Waals surface area (Å²) >= 11 is 0. The Bertz CT molecular complexity index is 630. The second kappa shape index (κ2) is 8.53. The highest BCUT2D eigenvalue weighted by atomic mass is 19.4. The fourth-order valence-corrected chi connectivity index (χ4v) is 3.07. The first-order chi connectivity index (χ1) is 12.2. The van der Waals surface area contributed by atoms with E-state index in [1.54, 1.807) is 0 Å². The van der Waals surface area contributed by atoms with Crippen molar-refractivity contribution in [2.75, 3.05) is 19.8 Å². The summed E-state index contributed by atoms with van der Waals surface area (Å²) in [5, 5.41) is 9.00. The highest BCUT2D eigenvalue weighted by Gasteiger charge is 2.33. The van der Waals surface area contributed by atoms with Crippen LogP contribution in [0.1, 0.15) is 30.9 Å². The second-order valence-corrected chi connectivity index (χ2v) is 6.36. The summed E-state index contributed by atoms with van der Waals surface area (Å²) in [5.74, 6) is -1.60. The monoisotopic (exact) mass is 373 g/mol. The molecule has 0 aromatic heterocycles. The molecule has 0 aliphatic carbocycles. The van der Waals surface area contributed by atoms with E-state index in [1.165, 1.54) is 17.0 Å². The molecule has 1 N–H and O–H groups in total. The SMILES string of the molecule is CCC(Cc1ccc(C(F)(F)F)cc1)C(=O)N1CCOCC1CC(=O)O. The Labute approximate surface area is 149 Å². The van der Waals surface area contributed by atoms with E-state index in [2.05, 4.69) is 0 Å². The molecule has 1 aromatic rings. The Morgan fingerprint density at radius 2 is 1.96 bits per heavy atom. The number of rotatable bonds is 6. The average molecular weight is 373 g/mol. The number of carbonyl (C=O) groups is 2. The Balaban J connectivity index is 2.08. The van der Waals surface area contributed by atoms with Crippen molar-refractivity contribution in [3.05, 3.63) is 35.4 Å². The molecule has 1 aliphatic heterocycles. The fraction of sp³-hybridized carbons (Fsp3) is 0.556. The molecule has 144 valence electrons. The predicted octanol–water partition coefficient (Wildman–Crippen LogP) is 2.98. The maximum Gasteiger partial charge on any atom is 0.416 e. The van der Waals surface area contributed by atoms with E-state index in [9.17, 15) is 22.8 Å². The summed E-state index contributed by atoms with van der Waals surface area (Å²) in [6.07, 6.45) is -3.76. The van der Waals surface area contributed by atoms with Gasteiger partial charge in [0.1, 0.15) is 0 Å². The molecule has 5 nitrogen and oxygen atoms in total. The number of hydrogen-bond acceptors (Lipinski definition) is 3. The summed E-state index contributed by atoms with van der Waals surface area (Å²) in [7, 11) is 0. The number of carbonyl (C=O) groups excluding carboxylic acids is 1. The van der Waals surface area contributed by atoms with Gasteiger partial charge in [-0.2, -0.15) is 13.2 Å². The van der Waals surface area contributed by atoms with Crippen molar-refractivity contribution in [1.82, 2.24) is 4.90 Å². The third-order valence-electron chi connectivity index (χ3n) is 4.53. The van der Waals surface area contributed by atoms with Crippen molar-refractivity contribution in [1.29, 1.82) is 0 Å². The van der Waals surface area contributed by atoms with Crippen LogP contribution in [0.5, 0.6) is 0 Å². The molecule has 8 heteroatoms. The number of carboxylic acids is 1. The van der Waals surface area contributed by atoms with Gasteiger partial charge in [0.2, 0.25) is 5.91 Å². The first-order valence-electron chi connectivity index (χ1n) is 8.48. The molecule has 1 aromatic carbocycles. The minimum atomic E-state index is -4.39. The lowest BCUT2D eigenvalue weighted by molar-refractivity contribution is -0.149. The summed E-state index contributed by atoms with van der Waals surface area (Å²) in [5.41, 5.74) is -0.0865. The number of nitrogens with zero attached hydrogens (tertiary/aromatic N) is 1. The highest BCUT2D eigenvalue weighted by Crippen LogP contribution is 2.29. The van der Waals surface area contributed by atoms with Gasteiger partial charge in [0.05, 0.1) is 31.2 Å². The third kappa shape index (κ3) is 5.20. The zero-order chi connectivity index (χ0) is 19.3. The third-order valence-corrected chi connectivity index (χ3v) is 4.53. The lowest BCUT2D eigenvalue weighted by Crippen LogP contribution is -2.51. The van der Waals surface area contributed by atoms with Crippen LogP contribution in [0.4, 0.5) is 13.2 Å². The summed E-state index contributed by atoms with van der Waals surface area (Å²) in [6, 6.07) is 4.26. The molecule has 0 bridgehead atoms. The average Bonchev–Trinajstić information content (AvgIpc) is 2.58. The van der Waals surface area contributed by atoms with Crippen LogP contribution < -0.4 is 0 Å². The van der Waals surface area contributed by atoms with Gasteiger partial charge in [-0.15, -0.1) is 0 Å². The first kappa shape index (κ1) is 20.2. The van der Waals surface area contributed by atoms with Crippen molar-refractivity contribution >= 4 is 11.9 Å². The van der Waals surface area contributed by atoms with E-state index in [0.29, 0.717) is 31.6 Å². The van der Waals surface area contributed by atoms with E-state index >= 15 is 0 Å². The van der Waals surface area contributed by atoms with Crippen LogP contribution in [0.2, 0.25) is 0 Å². The molecule has 2 unspecified atom stereocenters. The standard InChI is InChI=1S/C18H22F3NO4/c1-2-13(9-12-3-5-14(6-4-12)18(19,20)21)17(25)22-7-8-26-11-15(22)10-16(23)24/h3-6,13,15H,2,7-11H2,1H3,(H,23,24). The van der Waals surface area contributed by atoms with Crippen LogP contribution in [-0.4, -0.2) is 47.7 Å². The molecule has 26 heavy (non-hydrogen) atoms. The molecular formula is C18H22F3NO4. The minimum absolute atomic E-state index is 0.175. The summed E-state index contributed by atoms with van der Waals surface area (Å²) in [4.78, 5) is 25.4. The van der Waals surface area contributed by atoms with Crippen LogP contribution in [0.25, 0.3) is 0 Å². The number of aliphatic carboxylic acids is 1. The molecule has 1 fully saturated rings. The van der Waals surface area contributed by atoms with E-state index in [-0.39, 0.29) is 18.9 Å². The maximum absolute atomic E-state index is 12.8. The number of amides is 1. The number of hydrogen-bond donors (Lipinski definition) is 1. The quantitative estimate of drug-likeness (QED) is 0.833. The second-order valence-electron chi connectivity index (χ2n) is 6.36. The zero-order valence-electron chi connectivity index (χ0n) is 14.5. The van der Waals surface area contributed by atoms with Gasteiger partial charge in [-0.1, -0.05) is 19.1 Å². The van der Waals surface area contributed by atoms with E-state index < -0.39 is 29.7 Å². The van der Waals surface area contributed by atoms with Crippen LogP contribution in [0.15, 0.2) is 24.3 Å². The van der Waals surface area contributed by atoms with Gasteiger partial charge in [-0.25, -0.2) is 0 Å². The Kier molecular flexibility index (Phi) is 6.63. The molecule has 1 heterocycles. The van der Waals surface area contributed by atoms with Crippen molar-refractivity contribution < 1.29 is 32.6 Å². The lowest BCUT2D eigenvalue weighted by atomic mass is 9.94. The molecule has 1 amide bonds. The summed E-state index contributed by atoms with van der Waals surface area (Å²) in [6.45, 7) is 2.67. The Morgan fingerprint density at radius 1 is 1.31 bits per heavy atom. The molecule has 0 spiro atoms. The Morgan fingerprint density at radius 3 is 2.50 bits per heavy atom. The fourth-order valence-electron chi connectivity index (χ4n) is 3.07. The van der Waals surface area contributed by atoms with Crippen LogP contribution >= 0.6 is 0 Å². The van der Waals surface area contributed by atoms with E-state index in [4.69, 9.17) is 9.84 Å². The molecule has 0 saturated carbocycles. The van der Waals surface area contributed by atoms with Crippen molar-refractivity contribution in [3.8, 4) is 0 Å². The lowest BCUT2D eigenvalue weighted by Gasteiger charge is -2.37. The first-order valence-corrected chi connectivity index (χ1v) is 8.48. The molecule has 1 aliphatic rings. The molecule has 2 rings (SSSR count). The van der Waals surface area contributed by atoms with Gasteiger partial charge < -0.3 is 14.7 Å². The predicted molar refractivity (Wildman–Crippen MR) is 87.5 cm³/mol. The van der Waals surface area contributed by atoms with E-state index in [1.807, 2.05) is 6.92 Å². The van der Waals surface area contributed by atoms with Gasteiger partial charge in [-0.3, -0.25) is 9.59 Å². The van der Waals surface area contributed by atoms with Gasteiger partial charge in [0, 0.05) is 12.5 Å². The molecule has 0 radical (unpaired) electrons. The normalized spacial score (nSPS) is 19.2. The van der Waals surface area contributed by atoms with Crippen LogP contribution in [0.3, 0.4) is 0 Å². The number of benzene rings is 1. The molecule has 1 saturated heterocycles. The topological polar surface area (TPSA) is 66.8 Å². The summed E-state index contributed by atoms with van der Waals surface area (Å²) < 4.78 is 43.2. The number of carboxylic acid groups (broad SMARTS) is 1. The van der Waals surface area contributed by atoms with Gasteiger partial charge >= 0.3 is 12.1 Å². The number of alkyl halides is 3. The van der Waals surface area contributed by atoms with Crippen molar-refractivity contribution in [2.24, 2.45) is 5.92 Å². The largest absolute Gasteiger partial charge is 0.481 e. The number of ether oxygens (including phenoxy) is 1. The zero-order valence-corrected chi connectivity index (χ0v) is 14.5. The van der Waals surface area contributed by atoms with Crippen LogP contribution in [0, 0.1) is 5.92 Å². The molecule has 2 atom stereocenters. The number of halogens is 3. The van der Waals surface area contributed by atoms with Gasteiger partial charge in [0.15, 0.2) is 0 Å².